The minimum Gasteiger partial charge on any atom is -0.497 e. The van der Waals surface area contributed by atoms with E-state index in [2.05, 4.69) is 32.0 Å². The van der Waals surface area contributed by atoms with Gasteiger partial charge in [-0.2, -0.15) is 0 Å². The van der Waals surface area contributed by atoms with Gasteiger partial charge in [-0.25, -0.2) is 0 Å². The average molecular weight is 371 g/mol. The van der Waals surface area contributed by atoms with Crippen LogP contribution in [0.4, 0.5) is 0 Å². The first-order chi connectivity index (χ1) is 13.1. The molecule has 27 heavy (non-hydrogen) atoms. The molecule has 1 saturated heterocycles. The molecule has 4 heteroatoms. The second-order valence-electron chi connectivity index (χ2n) is 7.74. The van der Waals surface area contributed by atoms with E-state index in [4.69, 9.17) is 9.47 Å². The van der Waals surface area contributed by atoms with Gasteiger partial charge in [-0.05, 0) is 41.8 Å². The third kappa shape index (κ3) is 5.02. The van der Waals surface area contributed by atoms with Crippen LogP contribution in [0.1, 0.15) is 49.8 Å². The Balaban J connectivity index is 1.57. The summed E-state index contributed by atoms with van der Waals surface area (Å²) in [5.74, 6) is 2.17. The molecule has 146 valence electrons. The van der Waals surface area contributed by atoms with Crippen LogP contribution in [0, 0.1) is 0 Å². The van der Waals surface area contributed by atoms with E-state index in [0.29, 0.717) is 25.1 Å². The van der Waals surface area contributed by atoms with Gasteiger partial charge in [0, 0.05) is 18.4 Å². The summed E-state index contributed by atoms with van der Waals surface area (Å²) in [4.78, 5) is 1.44. The first-order valence-corrected chi connectivity index (χ1v) is 9.96. The summed E-state index contributed by atoms with van der Waals surface area (Å²) in [5, 5.41) is 10.6. The van der Waals surface area contributed by atoms with Crippen molar-refractivity contribution in [1.82, 2.24) is 0 Å². The monoisotopic (exact) mass is 370 g/mol. The van der Waals surface area contributed by atoms with Gasteiger partial charge in [0.1, 0.15) is 36.8 Å². The third-order valence-electron chi connectivity index (χ3n) is 5.47. The quantitative estimate of drug-likeness (QED) is 0.751. The largest absolute Gasteiger partial charge is 0.497 e. The molecule has 0 radical (unpaired) electrons. The number of ether oxygens (including phenoxy) is 2. The number of hydrogen-bond donors (Lipinski definition) is 2. The Labute approximate surface area is 162 Å². The van der Waals surface area contributed by atoms with E-state index in [-0.39, 0.29) is 0 Å². The van der Waals surface area contributed by atoms with Crippen LogP contribution < -0.4 is 14.4 Å². The average Bonchev–Trinajstić information content (AvgIpc) is 3.14. The second kappa shape index (κ2) is 9.25. The van der Waals surface area contributed by atoms with E-state index in [1.165, 1.54) is 22.4 Å². The minimum atomic E-state index is -0.473. The molecule has 3 rings (SSSR count). The van der Waals surface area contributed by atoms with Crippen LogP contribution >= 0.6 is 0 Å². The highest BCUT2D eigenvalue weighted by Gasteiger charge is 2.31. The summed E-state index contributed by atoms with van der Waals surface area (Å²) in [5.41, 5.74) is 2.51. The number of para-hydroxylation sites is 1. The molecule has 0 saturated carbocycles. The highest BCUT2D eigenvalue weighted by molar-refractivity contribution is 5.35. The van der Waals surface area contributed by atoms with E-state index in [1.807, 2.05) is 30.3 Å². The Kier molecular flexibility index (Phi) is 6.75. The maximum absolute atomic E-state index is 10.6. The molecule has 1 unspecified atom stereocenters. The van der Waals surface area contributed by atoms with Gasteiger partial charge >= 0.3 is 0 Å². The zero-order valence-electron chi connectivity index (χ0n) is 16.7. The standard InChI is InChI=1S/C23H31NO3/c1-17(2)21-7-4-5-9-23(21)27-16-19(25)15-24-14-6-8-22(24)18-10-12-20(26-3)13-11-18/h4-5,7,9-13,17,19,22,25H,6,8,14-16H2,1-3H3/p+1/t19-,22-/m1/s1. The summed E-state index contributed by atoms with van der Waals surface area (Å²) in [6.45, 7) is 6.46. The van der Waals surface area contributed by atoms with E-state index in [0.717, 1.165) is 24.5 Å². The lowest BCUT2D eigenvalue weighted by molar-refractivity contribution is -0.921. The number of methoxy groups -OCH3 is 1. The zero-order valence-corrected chi connectivity index (χ0v) is 16.7. The number of nitrogens with one attached hydrogen (secondary N) is 1. The Bertz CT molecular complexity index is 714. The molecular weight excluding hydrogens is 338 g/mol. The molecule has 3 atom stereocenters. The lowest BCUT2D eigenvalue weighted by Crippen LogP contribution is -3.11. The smallest absolute Gasteiger partial charge is 0.137 e. The number of aliphatic hydroxyl groups is 1. The number of aliphatic hydroxyl groups excluding tert-OH is 1. The normalized spacial score (nSPS) is 20.6. The van der Waals surface area contributed by atoms with Gasteiger partial charge in [0.2, 0.25) is 0 Å². The highest BCUT2D eigenvalue weighted by Crippen LogP contribution is 2.26. The number of benzene rings is 2. The summed E-state index contributed by atoms with van der Waals surface area (Å²) in [6, 6.07) is 16.9. The molecule has 1 fully saturated rings. The van der Waals surface area contributed by atoms with E-state index in [1.54, 1.807) is 7.11 Å². The van der Waals surface area contributed by atoms with Gasteiger partial charge in [0.15, 0.2) is 0 Å². The fraction of sp³-hybridized carbons (Fsp3) is 0.478. The van der Waals surface area contributed by atoms with Crippen molar-refractivity contribution >= 4 is 0 Å². The lowest BCUT2D eigenvalue weighted by Gasteiger charge is -2.25. The van der Waals surface area contributed by atoms with Crippen LogP contribution in [-0.4, -0.2) is 38.0 Å². The Morgan fingerprint density at radius 2 is 1.85 bits per heavy atom. The Hall–Kier alpha value is -2.04. The van der Waals surface area contributed by atoms with Gasteiger partial charge in [-0.15, -0.1) is 0 Å². The maximum atomic E-state index is 10.6. The van der Waals surface area contributed by atoms with Crippen LogP contribution in [0.3, 0.4) is 0 Å². The van der Waals surface area contributed by atoms with E-state index >= 15 is 0 Å². The SMILES string of the molecule is COc1ccc([C@H]2CCC[NH+]2C[C@@H](O)COc2ccccc2C(C)C)cc1. The van der Waals surface area contributed by atoms with Gasteiger partial charge in [0.05, 0.1) is 13.7 Å². The molecule has 0 spiro atoms. The van der Waals surface area contributed by atoms with Crippen LogP contribution in [0.25, 0.3) is 0 Å². The Morgan fingerprint density at radius 1 is 1.11 bits per heavy atom. The van der Waals surface area contributed by atoms with Crippen molar-refractivity contribution in [1.29, 1.82) is 0 Å². The van der Waals surface area contributed by atoms with Crippen molar-refractivity contribution in [3.8, 4) is 11.5 Å². The molecule has 1 heterocycles. The number of likely N-dealkylation sites (tertiary alicyclic amines) is 1. The molecule has 1 aliphatic rings. The predicted molar refractivity (Wildman–Crippen MR) is 108 cm³/mol. The predicted octanol–water partition coefficient (Wildman–Crippen LogP) is 2.98. The molecule has 4 nitrogen and oxygen atoms in total. The molecule has 2 N–H and O–H groups in total. The topological polar surface area (TPSA) is 43.1 Å². The van der Waals surface area contributed by atoms with Crippen molar-refractivity contribution in [2.45, 2.75) is 44.8 Å². The van der Waals surface area contributed by atoms with E-state index < -0.39 is 6.10 Å². The van der Waals surface area contributed by atoms with Crippen LogP contribution in [0.2, 0.25) is 0 Å². The number of hydrogen-bond acceptors (Lipinski definition) is 3. The van der Waals surface area contributed by atoms with E-state index in [9.17, 15) is 5.11 Å². The molecule has 0 bridgehead atoms. The van der Waals surface area contributed by atoms with Crippen molar-refractivity contribution in [2.75, 3.05) is 26.8 Å². The Morgan fingerprint density at radius 3 is 2.56 bits per heavy atom. The van der Waals surface area contributed by atoms with Crippen molar-refractivity contribution < 1.29 is 19.5 Å². The summed E-state index contributed by atoms with van der Waals surface area (Å²) in [7, 11) is 1.69. The van der Waals surface area contributed by atoms with Crippen molar-refractivity contribution in [2.24, 2.45) is 0 Å². The van der Waals surface area contributed by atoms with Gasteiger partial charge < -0.3 is 19.5 Å². The summed E-state index contributed by atoms with van der Waals surface area (Å²) in [6.07, 6.45) is 1.88. The molecule has 2 aromatic carbocycles. The highest BCUT2D eigenvalue weighted by atomic mass is 16.5. The van der Waals surface area contributed by atoms with Crippen LogP contribution in [0.15, 0.2) is 48.5 Å². The third-order valence-corrected chi connectivity index (χ3v) is 5.47. The fourth-order valence-electron chi connectivity index (χ4n) is 4.03. The van der Waals surface area contributed by atoms with Gasteiger partial charge in [0.25, 0.3) is 0 Å². The lowest BCUT2D eigenvalue weighted by atomic mass is 10.0. The summed E-state index contributed by atoms with van der Waals surface area (Å²) >= 11 is 0. The summed E-state index contributed by atoms with van der Waals surface area (Å²) < 4.78 is 11.2. The molecule has 1 aliphatic heterocycles. The van der Waals surface area contributed by atoms with Crippen molar-refractivity contribution in [3.63, 3.8) is 0 Å². The first-order valence-electron chi connectivity index (χ1n) is 9.96. The minimum absolute atomic E-state index is 0.336. The van der Waals surface area contributed by atoms with Gasteiger partial charge in [-0.3, -0.25) is 0 Å². The maximum Gasteiger partial charge on any atom is 0.137 e. The first kappa shape index (κ1) is 19.7. The van der Waals surface area contributed by atoms with Crippen LogP contribution in [-0.2, 0) is 0 Å². The molecule has 0 aromatic heterocycles. The second-order valence-corrected chi connectivity index (χ2v) is 7.74. The number of rotatable bonds is 8. The fourth-order valence-corrected chi connectivity index (χ4v) is 4.03. The number of quaternary nitrogens is 1. The zero-order chi connectivity index (χ0) is 19.2. The molecule has 0 amide bonds. The molecular formula is C23H32NO3+. The van der Waals surface area contributed by atoms with Gasteiger partial charge in [-0.1, -0.05) is 32.0 Å². The molecule has 0 aliphatic carbocycles. The van der Waals surface area contributed by atoms with Crippen molar-refractivity contribution in [3.05, 3.63) is 59.7 Å². The molecule has 2 aromatic rings. The van der Waals surface area contributed by atoms with Crippen LogP contribution in [0.5, 0.6) is 11.5 Å².